The van der Waals surface area contributed by atoms with Crippen molar-refractivity contribution in [3.8, 4) is 0 Å². The second kappa shape index (κ2) is 5.61. The van der Waals surface area contributed by atoms with Gasteiger partial charge in [-0.3, -0.25) is 0 Å². The third-order valence-electron chi connectivity index (χ3n) is 2.69. The van der Waals surface area contributed by atoms with Gasteiger partial charge >= 0.3 is 6.18 Å². The molecule has 0 radical (unpaired) electrons. The molecule has 3 nitrogen and oxygen atoms in total. The van der Waals surface area contributed by atoms with Gasteiger partial charge in [-0.25, -0.2) is 4.98 Å². The van der Waals surface area contributed by atoms with Crippen LogP contribution >= 0.6 is 0 Å². The molecule has 2 rings (SSSR count). The van der Waals surface area contributed by atoms with Crippen molar-refractivity contribution in [2.45, 2.75) is 32.7 Å². The second-order valence-electron chi connectivity index (χ2n) is 4.29. The molecule has 0 saturated carbocycles. The molecule has 0 spiro atoms. The number of alkyl halides is 3. The molecule has 0 saturated heterocycles. The Hall–Kier alpha value is -1.56. The van der Waals surface area contributed by atoms with Crippen LogP contribution in [-0.2, 0) is 17.9 Å². The molecule has 0 bridgehead atoms. The third kappa shape index (κ3) is 3.47. The summed E-state index contributed by atoms with van der Waals surface area (Å²) in [6, 6.07) is 7.36. The van der Waals surface area contributed by atoms with E-state index in [9.17, 15) is 13.2 Å². The van der Waals surface area contributed by atoms with Gasteiger partial charge in [-0.1, -0.05) is 19.1 Å². The summed E-state index contributed by atoms with van der Waals surface area (Å²) in [6.45, 7) is 0.626. The standard InChI is InChI=1S/C13H15F3N2O/c1-2-5-12-17-10-6-3-4-7-11(10)18(12)9-19-8-13(14,15)16/h3-4,6-7H,2,5,8-9H2,1H3. The Morgan fingerprint density at radius 1 is 1.26 bits per heavy atom. The molecule has 1 heterocycles. The highest BCUT2D eigenvalue weighted by molar-refractivity contribution is 5.75. The summed E-state index contributed by atoms with van der Waals surface area (Å²) >= 11 is 0. The van der Waals surface area contributed by atoms with E-state index in [1.165, 1.54) is 0 Å². The first-order valence-corrected chi connectivity index (χ1v) is 6.10. The molecule has 1 aromatic carbocycles. The molecule has 0 aliphatic rings. The van der Waals surface area contributed by atoms with Gasteiger partial charge in [-0.05, 0) is 18.6 Å². The van der Waals surface area contributed by atoms with Gasteiger partial charge in [0.2, 0.25) is 0 Å². The number of aryl methyl sites for hydroxylation is 1. The van der Waals surface area contributed by atoms with E-state index >= 15 is 0 Å². The molecular weight excluding hydrogens is 257 g/mol. The van der Waals surface area contributed by atoms with E-state index in [4.69, 9.17) is 4.74 Å². The monoisotopic (exact) mass is 272 g/mol. The maximum atomic E-state index is 12.1. The predicted octanol–water partition coefficient (Wildman–Crippen LogP) is 3.53. The van der Waals surface area contributed by atoms with Gasteiger partial charge in [0.25, 0.3) is 0 Å². The topological polar surface area (TPSA) is 27.1 Å². The van der Waals surface area contributed by atoms with Crippen molar-refractivity contribution in [2.24, 2.45) is 0 Å². The summed E-state index contributed by atoms with van der Waals surface area (Å²) in [5.41, 5.74) is 1.58. The Morgan fingerprint density at radius 3 is 2.68 bits per heavy atom. The highest BCUT2D eigenvalue weighted by Crippen LogP contribution is 2.19. The fraction of sp³-hybridized carbons (Fsp3) is 0.462. The van der Waals surface area contributed by atoms with E-state index in [1.54, 1.807) is 4.57 Å². The number of ether oxygens (including phenoxy) is 1. The van der Waals surface area contributed by atoms with Gasteiger partial charge in [-0.2, -0.15) is 13.2 Å². The Bertz CT molecular complexity index is 548. The van der Waals surface area contributed by atoms with Crippen molar-refractivity contribution in [2.75, 3.05) is 6.61 Å². The van der Waals surface area contributed by atoms with E-state index in [0.717, 1.165) is 23.3 Å². The number of imidazole rings is 1. The molecule has 0 N–H and O–H groups in total. The minimum Gasteiger partial charge on any atom is -0.351 e. The van der Waals surface area contributed by atoms with Gasteiger partial charge in [0.05, 0.1) is 11.0 Å². The number of benzene rings is 1. The average Bonchev–Trinajstić information content (AvgIpc) is 2.67. The number of halogens is 3. The molecule has 0 atom stereocenters. The molecule has 0 aliphatic heterocycles. The fourth-order valence-electron chi connectivity index (χ4n) is 1.94. The number of hydrogen-bond donors (Lipinski definition) is 0. The van der Waals surface area contributed by atoms with E-state index in [1.807, 2.05) is 31.2 Å². The summed E-state index contributed by atoms with van der Waals surface area (Å²) in [5, 5.41) is 0. The molecule has 0 fully saturated rings. The third-order valence-corrected chi connectivity index (χ3v) is 2.69. The summed E-state index contributed by atoms with van der Waals surface area (Å²) < 4.78 is 42.7. The lowest BCUT2D eigenvalue weighted by Crippen LogP contribution is -2.19. The molecule has 6 heteroatoms. The van der Waals surface area contributed by atoms with Crippen molar-refractivity contribution in [3.63, 3.8) is 0 Å². The van der Waals surface area contributed by atoms with Crippen LogP contribution in [0.25, 0.3) is 11.0 Å². The van der Waals surface area contributed by atoms with Crippen LogP contribution in [0, 0.1) is 0 Å². The number of rotatable bonds is 5. The quantitative estimate of drug-likeness (QED) is 0.832. The molecule has 19 heavy (non-hydrogen) atoms. The van der Waals surface area contributed by atoms with Crippen LogP contribution in [0.1, 0.15) is 19.2 Å². The minimum absolute atomic E-state index is 0.130. The Kier molecular flexibility index (Phi) is 4.09. The summed E-state index contributed by atoms with van der Waals surface area (Å²) in [7, 11) is 0. The van der Waals surface area contributed by atoms with Gasteiger partial charge < -0.3 is 9.30 Å². The minimum atomic E-state index is -4.30. The zero-order valence-corrected chi connectivity index (χ0v) is 10.6. The largest absolute Gasteiger partial charge is 0.411 e. The molecule has 0 aliphatic carbocycles. The first-order chi connectivity index (χ1) is 9.01. The van der Waals surface area contributed by atoms with Crippen molar-refractivity contribution < 1.29 is 17.9 Å². The Balaban J connectivity index is 2.21. The average molecular weight is 272 g/mol. The van der Waals surface area contributed by atoms with E-state index in [-0.39, 0.29) is 6.73 Å². The lowest BCUT2D eigenvalue weighted by Gasteiger charge is -2.11. The van der Waals surface area contributed by atoms with E-state index in [0.29, 0.717) is 6.42 Å². The van der Waals surface area contributed by atoms with Crippen LogP contribution in [0.2, 0.25) is 0 Å². The van der Waals surface area contributed by atoms with Crippen LogP contribution in [0.4, 0.5) is 13.2 Å². The van der Waals surface area contributed by atoms with Crippen molar-refractivity contribution >= 4 is 11.0 Å². The molecule has 0 unspecified atom stereocenters. The van der Waals surface area contributed by atoms with Crippen LogP contribution in [0.5, 0.6) is 0 Å². The lowest BCUT2D eigenvalue weighted by molar-refractivity contribution is -0.181. The fourth-order valence-corrected chi connectivity index (χ4v) is 1.94. The number of hydrogen-bond acceptors (Lipinski definition) is 2. The van der Waals surface area contributed by atoms with Crippen LogP contribution < -0.4 is 0 Å². The van der Waals surface area contributed by atoms with Crippen LogP contribution in [-0.4, -0.2) is 22.3 Å². The lowest BCUT2D eigenvalue weighted by atomic mass is 10.3. The van der Waals surface area contributed by atoms with E-state index < -0.39 is 12.8 Å². The summed E-state index contributed by atoms with van der Waals surface area (Å²) in [5.74, 6) is 0.755. The smallest absolute Gasteiger partial charge is 0.351 e. The first-order valence-electron chi connectivity index (χ1n) is 6.10. The van der Waals surface area contributed by atoms with E-state index in [2.05, 4.69) is 4.98 Å². The second-order valence-corrected chi connectivity index (χ2v) is 4.29. The van der Waals surface area contributed by atoms with Gasteiger partial charge in [0.1, 0.15) is 19.2 Å². The van der Waals surface area contributed by atoms with Crippen molar-refractivity contribution in [3.05, 3.63) is 30.1 Å². The SMILES string of the molecule is CCCc1nc2ccccc2n1COCC(F)(F)F. The van der Waals surface area contributed by atoms with Crippen molar-refractivity contribution in [1.82, 2.24) is 9.55 Å². The Labute approximate surface area is 109 Å². The Morgan fingerprint density at radius 2 is 2.00 bits per heavy atom. The zero-order chi connectivity index (χ0) is 13.9. The van der Waals surface area contributed by atoms with Gasteiger partial charge in [0, 0.05) is 6.42 Å². The molecule has 2 aromatic rings. The summed E-state index contributed by atoms with van der Waals surface area (Å²) in [4.78, 5) is 4.42. The predicted molar refractivity (Wildman–Crippen MR) is 65.7 cm³/mol. The highest BCUT2D eigenvalue weighted by Gasteiger charge is 2.27. The summed E-state index contributed by atoms with van der Waals surface area (Å²) in [6.07, 6.45) is -2.71. The number of aromatic nitrogens is 2. The molecule has 104 valence electrons. The first kappa shape index (κ1) is 13.9. The normalized spacial score (nSPS) is 12.2. The van der Waals surface area contributed by atoms with Crippen molar-refractivity contribution in [1.29, 1.82) is 0 Å². The van der Waals surface area contributed by atoms with Gasteiger partial charge in [-0.15, -0.1) is 0 Å². The maximum absolute atomic E-state index is 12.1. The highest BCUT2D eigenvalue weighted by atomic mass is 19.4. The number of para-hydroxylation sites is 2. The van der Waals surface area contributed by atoms with Gasteiger partial charge in [0.15, 0.2) is 0 Å². The zero-order valence-electron chi connectivity index (χ0n) is 10.6. The molecular formula is C13H15F3N2O. The molecule has 1 aromatic heterocycles. The number of fused-ring (bicyclic) bond motifs is 1. The molecule has 0 amide bonds. The number of nitrogens with zero attached hydrogens (tertiary/aromatic N) is 2. The maximum Gasteiger partial charge on any atom is 0.411 e. The van der Waals surface area contributed by atoms with Crippen LogP contribution in [0.3, 0.4) is 0 Å². The van der Waals surface area contributed by atoms with Crippen LogP contribution in [0.15, 0.2) is 24.3 Å².